The van der Waals surface area contributed by atoms with Crippen LogP contribution in [-0.4, -0.2) is 4.98 Å². The third-order valence-corrected chi connectivity index (χ3v) is 13.8. The van der Waals surface area contributed by atoms with Gasteiger partial charge in [0.15, 0.2) is 6.20 Å². The molecule has 0 saturated heterocycles. The smallest absolute Gasteiger partial charge is 0.212 e. The lowest BCUT2D eigenvalue weighted by Crippen LogP contribution is -2.33. The molecule has 0 fully saturated rings. The Kier molecular flexibility index (Phi) is 13.6. The van der Waals surface area contributed by atoms with Crippen molar-refractivity contribution < 1.29 is 4.57 Å². The van der Waals surface area contributed by atoms with Gasteiger partial charge in [-0.05, 0) is 166 Å². The molecule has 0 radical (unpaired) electrons. The summed E-state index contributed by atoms with van der Waals surface area (Å²) in [5, 5.41) is 0. The number of aromatic nitrogens is 2. The second-order valence-electron chi connectivity index (χ2n) is 17.7. The summed E-state index contributed by atoms with van der Waals surface area (Å²) >= 11 is 0. The SMILES string of the molecule is CCCCc1cccc(-c2cc(-c3ccccc3)cc(-c3cccc(-c4ccc(C(C)(CC)C(CC)CCc5ccccc5-c5cccc[n+]5C)c(-c5ncccc5C)c4)c3)c2)c1. The van der Waals surface area contributed by atoms with E-state index in [1.165, 1.54) is 96.4 Å². The van der Waals surface area contributed by atoms with E-state index in [0.717, 1.165) is 37.8 Å². The lowest BCUT2D eigenvalue weighted by Gasteiger charge is -2.39. The molecule has 2 unspecified atom stereocenters. The molecule has 8 aromatic rings. The Bertz CT molecular complexity index is 2800. The van der Waals surface area contributed by atoms with Crippen LogP contribution in [0.5, 0.6) is 0 Å². The molecule has 6 aromatic carbocycles. The van der Waals surface area contributed by atoms with E-state index in [0.29, 0.717) is 5.92 Å². The van der Waals surface area contributed by atoms with Crippen molar-refractivity contribution in [3.8, 4) is 67.0 Å². The van der Waals surface area contributed by atoms with Crippen molar-refractivity contribution in [1.82, 2.24) is 4.98 Å². The van der Waals surface area contributed by atoms with Crippen LogP contribution < -0.4 is 4.57 Å². The van der Waals surface area contributed by atoms with E-state index in [4.69, 9.17) is 4.98 Å². The number of pyridine rings is 2. The molecule has 2 nitrogen and oxygen atoms in total. The van der Waals surface area contributed by atoms with Crippen molar-refractivity contribution >= 4 is 0 Å². The van der Waals surface area contributed by atoms with Crippen molar-refractivity contribution in [1.29, 1.82) is 0 Å². The van der Waals surface area contributed by atoms with Crippen LogP contribution in [0.4, 0.5) is 0 Å². The average Bonchev–Trinajstić information content (AvgIpc) is 3.34. The highest BCUT2D eigenvalue weighted by Gasteiger charge is 2.36. The first-order chi connectivity index (χ1) is 30.8. The average molecular weight is 824 g/mol. The highest BCUT2D eigenvalue weighted by Crippen LogP contribution is 2.46. The van der Waals surface area contributed by atoms with Crippen LogP contribution in [0.2, 0.25) is 0 Å². The molecule has 316 valence electrons. The number of aryl methyl sites for hydroxylation is 4. The Balaban J connectivity index is 1.18. The quantitative estimate of drug-likeness (QED) is 0.0887. The van der Waals surface area contributed by atoms with Crippen molar-refractivity contribution in [2.75, 3.05) is 0 Å². The second kappa shape index (κ2) is 19.8. The van der Waals surface area contributed by atoms with E-state index in [1.807, 2.05) is 6.20 Å². The summed E-state index contributed by atoms with van der Waals surface area (Å²) in [6, 6.07) is 63.2. The van der Waals surface area contributed by atoms with Gasteiger partial charge in [0, 0.05) is 29.5 Å². The lowest BCUT2D eigenvalue weighted by atomic mass is 9.65. The zero-order chi connectivity index (χ0) is 43.8. The number of rotatable bonds is 16. The van der Waals surface area contributed by atoms with Gasteiger partial charge in [-0.2, -0.15) is 0 Å². The molecule has 2 atom stereocenters. The molecule has 2 heterocycles. The monoisotopic (exact) mass is 823 g/mol. The summed E-state index contributed by atoms with van der Waals surface area (Å²) < 4.78 is 2.23. The Hall–Kier alpha value is -6.38. The minimum Gasteiger partial charge on any atom is -0.256 e. The Morgan fingerprint density at radius 3 is 1.90 bits per heavy atom. The number of unbranched alkanes of at least 4 members (excludes halogenated alkanes) is 1. The minimum atomic E-state index is -0.0666. The van der Waals surface area contributed by atoms with Gasteiger partial charge in [-0.1, -0.05) is 150 Å². The number of hydrogen-bond donors (Lipinski definition) is 0. The van der Waals surface area contributed by atoms with Gasteiger partial charge in [0.25, 0.3) is 0 Å². The second-order valence-corrected chi connectivity index (χ2v) is 17.7. The molecule has 0 spiro atoms. The zero-order valence-corrected chi connectivity index (χ0v) is 38.2. The molecule has 2 aromatic heterocycles. The summed E-state index contributed by atoms with van der Waals surface area (Å²) in [7, 11) is 2.14. The summed E-state index contributed by atoms with van der Waals surface area (Å²) in [4.78, 5) is 5.09. The van der Waals surface area contributed by atoms with Crippen LogP contribution in [0.25, 0.3) is 67.0 Å². The van der Waals surface area contributed by atoms with E-state index in [2.05, 4.69) is 222 Å². The van der Waals surface area contributed by atoms with Gasteiger partial charge in [0.1, 0.15) is 7.05 Å². The lowest BCUT2D eigenvalue weighted by molar-refractivity contribution is -0.660. The molecule has 0 aliphatic heterocycles. The maximum absolute atomic E-state index is 5.09. The molecule has 0 aliphatic rings. The molecule has 8 rings (SSSR count). The van der Waals surface area contributed by atoms with Crippen molar-refractivity contribution in [2.45, 2.75) is 85.0 Å². The summed E-state index contributed by atoms with van der Waals surface area (Å²) in [6.45, 7) is 11.7. The molecule has 0 N–H and O–H groups in total. The molecule has 0 bridgehead atoms. The fraction of sp³-hybridized carbons (Fsp3) is 0.246. The third-order valence-electron chi connectivity index (χ3n) is 13.8. The van der Waals surface area contributed by atoms with Gasteiger partial charge in [-0.3, -0.25) is 4.98 Å². The predicted octanol–water partition coefficient (Wildman–Crippen LogP) is 15.9. The van der Waals surface area contributed by atoms with Crippen LogP contribution in [0.1, 0.15) is 82.1 Å². The standard InChI is InChI=1S/C61H63N2/c1-7-10-22-45-23-18-27-48(38-45)53-40-52(46-24-12-11-13-25-46)41-54(42-53)50-29-19-28-49(39-50)51-33-35-58(57(43-51)60-44(4)21-20-36-62-60)61(5,9-3)55(8-2)34-32-47-26-14-15-30-56(47)59-31-16-17-37-63(59)6/h11-21,23-31,33,35-43,55H,7-10,22,32,34H2,1-6H3/q+1. The first-order valence-electron chi connectivity index (χ1n) is 23.3. The Labute approximate surface area is 377 Å². The molecule has 0 amide bonds. The third kappa shape index (κ3) is 9.52. The first kappa shape index (κ1) is 43.3. The molecule has 63 heavy (non-hydrogen) atoms. The van der Waals surface area contributed by atoms with Crippen LogP contribution in [0.3, 0.4) is 0 Å². The predicted molar refractivity (Wildman–Crippen MR) is 268 cm³/mol. The molecule has 0 saturated carbocycles. The van der Waals surface area contributed by atoms with Crippen LogP contribution in [0.15, 0.2) is 182 Å². The summed E-state index contributed by atoms with van der Waals surface area (Å²) in [5.41, 5.74) is 20.0. The number of hydrogen-bond acceptors (Lipinski definition) is 1. The van der Waals surface area contributed by atoms with E-state index < -0.39 is 0 Å². The van der Waals surface area contributed by atoms with Crippen LogP contribution in [-0.2, 0) is 25.3 Å². The number of nitrogens with zero attached hydrogens (tertiary/aromatic N) is 2. The van der Waals surface area contributed by atoms with Crippen LogP contribution in [0, 0.1) is 12.8 Å². The minimum absolute atomic E-state index is 0.0666. The van der Waals surface area contributed by atoms with Gasteiger partial charge in [0.2, 0.25) is 5.69 Å². The van der Waals surface area contributed by atoms with E-state index in [1.54, 1.807) is 0 Å². The fourth-order valence-corrected chi connectivity index (χ4v) is 9.90. The molecular weight excluding hydrogens is 761 g/mol. The molecular formula is C61H63N2+. The largest absolute Gasteiger partial charge is 0.256 e. The number of benzene rings is 6. The first-order valence-corrected chi connectivity index (χ1v) is 23.3. The summed E-state index contributed by atoms with van der Waals surface area (Å²) in [6.07, 6.45) is 11.9. The van der Waals surface area contributed by atoms with Crippen molar-refractivity contribution in [3.05, 3.63) is 205 Å². The molecule has 0 aliphatic carbocycles. The van der Waals surface area contributed by atoms with E-state index in [9.17, 15) is 0 Å². The Morgan fingerprint density at radius 1 is 0.556 bits per heavy atom. The van der Waals surface area contributed by atoms with E-state index in [-0.39, 0.29) is 5.41 Å². The highest BCUT2D eigenvalue weighted by molar-refractivity contribution is 5.84. The van der Waals surface area contributed by atoms with Gasteiger partial charge in [-0.15, -0.1) is 0 Å². The maximum atomic E-state index is 5.09. The van der Waals surface area contributed by atoms with Gasteiger partial charge < -0.3 is 0 Å². The van der Waals surface area contributed by atoms with Crippen LogP contribution >= 0.6 is 0 Å². The van der Waals surface area contributed by atoms with Crippen molar-refractivity contribution in [2.24, 2.45) is 13.0 Å². The fourth-order valence-electron chi connectivity index (χ4n) is 9.90. The van der Waals surface area contributed by atoms with E-state index >= 15 is 0 Å². The normalized spacial score (nSPS) is 12.8. The van der Waals surface area contributed by atoms with Gasteiger partial charge in [0.05, 0.1) is 5.69 Å². The zero-order valence-electron chi connectivity index (χ0n) is 38.2. The highest BCUT2D eigenvalue weighted by atomic mass is 14.9. The van der Waals surface area contributed by atoms with Gasteiger partial charge in [-0.25, -0.2) is 4.57 Å². The topological polar surface area (TPSA) is 16.8 Å². The summed E-state index contributed by atoms with van der Waals surface area (Å²) in [5.74, 6) is 0.468. The molecule has 2 heteroatoms. The van der Waals surface area contributed by atoms with Crippen molar-refractivity contribution in [3.63, 3.8) is 0 Å². The maximum Gasteiger partial charge on any atom is 0.212 e. The van der Waals surface area contributed by atoms with Gasteiger partial charge >= 0.3 is 0 Å². The Morgan fingerprint density at radius 2 is 1.19 bits per heavy atom.